The minimum Gasteiger partial charge on any atom is -0.436 e. The fourth-order valence-electron chi connectivity index (χ4n) is 3.05. The largest absolute Gasteiger partial charge is 0.436 e. The summed E-state index contributed by atoms with van der Waals surface area (Å²) in [7, 11) is 0. The second-order valence-corrected chi connectivity index (χ2v) is 13.8. The number of benzene rings is 1. The second kappa shape index (κ2) is 6.25. The molecule has 1 saturated heterocycles. The molecule has 2 aliphatic rings. The van der Waals surface area contributed by atoms with Gasteiger partial charge in [-0.15, -0.1) is 0 Å². The number of allylic oxidation sites excluding steroid dienone is 1. The van der Waals surface area contributed by atoms with Gasteiger partial charge in [0.2, 0.25) is 0 Å². The molecule has 0 aromatic heterocycles. The van der Waals surface area contributed by atoms with Crippen LogP contribution in [0, 0.1) is 5.92 Å². The Labute approximate surface area is 150 Å². The van der Waals surface area contributed by atoms with Crippen LogP contribution in [0.2, 0.25) is 0 Å². The van der Waals surface area contributed by atoms with Gasteiger partial charge in [0.05, 0.1) is 10.9 Å². The third kappa shape index (κ3) is 3.49. The molecule has 0 amide bonds. The number of hydrogen-bond acceptors (Lipinski definition) is 4. The fraction of sp³-hybridized carbons (Fsp3) is 0.500. The van der Waals surface area contributed by atoms with Crippen molar-refractivity contribution in [1.29, 1.82) is 0 Å². The Hall–Kier alpha value is 0.200. The first kappa shape index (κ1) is 17.0. The summed E-state index contributed by atoms with van der Waals surface area (Å²) in [6.07, 6.45) is 3.48. The number of fused-ring (bicyclic) bond motifs is 1. The molecule has 0 bridgehead atoms. The van der Waals surface area contributed by atoms with Crippen molar-refractivity contribution >= 4 is 44.8 Å². The predicted molar refractivity (Wildman–Crippen MR) is 102 cm³/mol. The van der Waals surface area contributed by atoms with E-state index >= 15 is 0 Å². The van der Waals surface area contributed by atoms with Gasteiger partial charge >= 0.3 is 0 Å². The number of halogens is 1. The van der Waals surface area contributed by atoms with Crippen LogP contribution >= 0.6 is 33.0 Å². The van der Waals surface area contributed by atoms with Gasteiger partial charge in [0, 0.05) is 4.47 Å². The number of hydrogen-bond donors (Lipinski definition) is 0. The van der Waals surface area contributed by atoms with E-state index in [0.717, 1.165) is 23.1 Å². The molecule has 1 aromatic rings. The molecular weight excluding hydrogens is 399 g/mol. The van der Waals surface area contributed by atoms with E-state index < -0.39 is 5.69 Å². The molecule has 0 unspecified atom stereocenters. The van der Waals surface area contributed by atoms with Crippen molar-refractivity contribution in [3.63, 3.8) is 0 Å². The van der Waals surface area contributed by atoms with Crippen LogP contribution in [0.25, 0.3) is 0 Å². The Morgan fingerprint density at radius 2 is 2.18 bits per heavy atom. The molecule has 6 heteroatoms. The molecule has 4 atom stereocenters. The van der Waals surface area contributed by atoms with Crippen LogP contribution < -0.4 is 4.52 Å². The van der Waals surface area contributed by atoms with Gasteiger partial charge in [0.25, 0.3) is 5.69 Å². The molecule has 2 fully saturated rings. The summed E-state index contributed by atoms with van der Waals surface area (Å²) in [5.41, 5.74) is -1.08. The van der Waals surface area contributed by atoms with Crippen LogP contribution in [0.15, 0.2) is 40.9 Å². The number of rotatable bonds is 3. The molecule has 1 aliphatic carbocycles. The molecule has 1 aliphatic heterocycles. The quantitative estimate of drug-likeness (QED) is 0.422. The third-order valence-corrected chi connectivity index (χ3v) is 10.6. The zero-order chi connectivity index (χ0) is 16.0. The first-order valence-corrected chi connectivity index (χ1v) is 12.2. The Morgan fingerprint density at radius 1 is 1.50 bits per heavy atom. The Bertz CT molecular complexity index is 634. The fourth-order valence-corrected chi connectivity index (χ4v) is 10.6. The average Bonchev–Trinajstić information content (AvgIpc) is 2.70. The Balaban J connectivity index is 1.76. The SMILES string of the molecule is C=C(C)[C@@H]1CC[C@@]2(C)S[P@@](=S)(Oc3ccc(Br)cc3)O[C@H]2C1. The van der Waals surface area contributed by atoms with E-state index in [4.69, 9.17) is 20.9 Å². The highest BCUT2D eigenvalue weighted by Gasteiger charge is 2.53. The molecule has 22 heavy (non-hydrogen) atoms. The van der Waals surface area contributed by atoms with E-state index in [9.17, 15) is 0 Å². The Kier molecular flexibility index (Phi) is 4.84. The summed E-state index contributed by atoms with van der Waals surface area (Å²) in [6, 6.07) is 7.79. The second-order valence-electron chi connectivity index (χ2n) is 6.31. The zero-order valence-corrected chi connectivity index (χ0v) is 16.9. The van der Waals surface area contributed by atoms with Crippen molar-refractivity contribution in [3.05, 3.63) is 40.9 Å². The van der Waals surface area contributed by atoms with E-state index in [-0.39, 0.29) is 10.9 Å². The highest BCUT2D eigenvalue weighted by Crippen LogP contribution is 2.74. The summed E-state index contributed by atoms with van der Waals surface area (Å²) < 4.78 is 13.5. The van der Waals surface area contributed by atoms with Gasteiger partial charge in [0.15, 0.2) is 0 Å². The molecule has 1 aromatic carbocycles. The van der Waals surface area contributed by atoms with Crippen molar-refractivity contribution in [1.82, 2.24) is 0 Å². The molecule has 0 spiro atoms. The van der Waals surface area contributed by atoms with Crippen molar-refractivity contribution in [2.45, 2.75) is 44.0 Å². The van der Waals surface area contributed by atoms with Crippen LogP contribution in [-0.4, -0.2) is 10.9 Å². The van der Waals surface area contributed by atoms with Gasteiger partial charge in [-0.2, -0.15) is 0 Å². The predicted octanol–water partition coefficient (Wildman–Crippen LogP) is 6.32. The lowest BCUT2D eigenvalue weighted by Gasteiger charge is -2.37. The Morgan fingerprint density at radius 3 is 2.82 bits per heavy atom. The van der Waals surface area contributed by atoms with Gasteiger partial charge in [-0.05, 0) is 86.5 Å². The molecule has 1 heterocycles. The third-order valence-electron chi connectivity index (χ3n) is 4.47. The summed E-state index contributed by atoms with van der Waals surface area (Å²) in [5, 5.41) is 0. The smallest absolute Gasteiger partial charge is 0.298 e. The van der Waals surface area contributed by atoms with Crippen molar-refractivity contribution < 1.29 is 9.05 Å². The maximum atomic E-state index is 6.28. The highest BCUT2D eigenvalue weighted by atomic mass is 79.9. The molecule has 1 saturated carbocycles. The first-order chi connectivity index (χ1) is 10.3. The maximum absolute atomic E-state index is 6.28. The first-order valence-electron chi connectivity index (χ1n) is 7.39. The minimum absolute atomic E-state index is 0.0802. The van der Waals surface area contributed by atoms with Crippen LogP contribution in [-0.2, 0) is 16.3 Å². The van der Waals surface area contributed by atoms with Gasteiger partial charge in [-0.1, -0.05) is 28.1 Å². The highest BCUT2D eigenvalue weighted by molar-refractivity contribution is 9.10. The average molecular weight is 419 g/mol. The summed E-state index contributed by atoms with van der Waals surface area (Å²) >= 11 is 11.0. The molecule has 0 radical (unpaired) electrons. The minimum atomic E-state index is -2.33. The van der Waals surface area contributed by atoms with Crippen LogP contribution in [0.4, 0.5) is 0 Å². The van der Waals surface area contributed by atoms with Crippen molar-refractivity contribution in [2.24, 2.45) is 5.92 Å². The van der Waals surface area contributed by atoms with E-state index in [2.05, 4.69) is 36.4 Å². The topological polar surface area (TPSA) is 18.5 Å². The monoisotopic (exact) mass is 418 g/mol. The maximum Gasteiger partial charge on any atom is 0.298 e. The molecule has 120 valence electrons. The standard InChI is InChI=1S/C16H20BrO2PS2/c1-11(2)12-8-9-16(3)15(10-12)19-20(21,22-16)18-14-6-4-13(17)5-7-14/h4-7,12,15H,1,8-10H2,2-3H3/t12-,15+,16-,20+/m1/s1. The summed E-state index contributed by atoms with van der Waals surface area (Å²) in [4.78, 5) is 0. The van der Waals surface area contributed by atoms with E-state index in [0.29, 0.717) is 5.92 Å². The van der Waals surface area contributed by atoms with Crippen LogP contribution in [0.3, 0.4) is 0 Å². The molecule has 3 rings (SSSR count). The van der Waals surface area contributed by atoms with Crippen molar-refractivity contribution in [2.75, 3.05) is 0 Å². The van der Waals surface area contributed by atoms with Crippen molar-refractivity contribution in [3.8, 4) is 5.75 Å². The lowest BCUT2D eigenvalue weighted by Crippen LogP contribution is -2.39. The summed E-state index contributed by atoms with van der Waals surface area (Å²) in [5.74, 6) is 1.34. The van der Waals surface area contributed by atoms with E-state index in [1.807, 2.05) is 24.3 Å². The van der Waals surface area contributed by atoms with Gasteiger partial charge in [-0.3, -0.25) is 0 Å². The molecular formula is C16H20BrO2PS2. The van der Waals surface area contributed by atoms with Crippen LogP contribution in [0.5, 0.6) is 5.75 Å². The zero-order valence-electron chi connectivity index (χ0n) is 12.8. The lowest BCUT2D eigenvalue weighted by atomic mass is 9.77. The van der Waals surface area contributed by atoms with Crippen LogP contribution in [0.1, 0.15) is 33.1 Å². The van der Waals surface area contributed by atoms with Gasteiger partial charge in [0.1, 0.15) is 5.75 Å². The normalized spacial score (nSPS) is 37.6. The van der Waals surface area contributed by atoms with Gasteiger partial charge < -0.3 is 9.05 Å². The summed E-state index contributed by atoms with van der Waals surface area (Å²) in [6.45, 7) is 8.50. The molecule has 2 nitrogen and oxygen atoms in total. The van der Waals surface area contributed by atoms with E-state index in [1.165, 1.54) is 12.0 Å². The van der Waals surface area contributed by atoms with E-state index in [1.54, 1.807) is 11.4 Å². The van der Waals surface area contributed by atoms with Gasteiger partial charge in [-0.25, -0.2) is 0 Å². The molecule has 0 N–H and O–H groups in total. The lowest BCUT2D eigenvalue weighted by molar-refractivity contribution is 0.119.